The third kappa shape index (κ3) is 5.41. The van der Waals surface area contributed by atoms with Gasteiger partial charge < -0.3 is 20.3 Å². The van der Waals surface area contributed by atoms with Crippen molar-refractivity contribution in [3.05, 3.63) is 53.6 Å². The Labute approximate surface area is 176 Å². The molecule has 6 nitrogen and oxygen atoms in total. The van der Waals surface area contributed by atoms with Crippen LogP contribution in [0.15, 0.2) is 48.5 Å². The molecular weight excluding hydrogens is 390 g/mol. The number of para-hydroxylation sites is 1. The van der Waals surface area contributed by atoms with Gasteiger partial charge >= 0.3 is 6.03 Å². The largest absolute Gasteiger partial charge is 0.495 e. The van der Waals surface area contributed by atoms with Crippen LogP contribution in [0.1, 0.15) is 19.8 Å². The van der Waals surface area contributed by atoms with Crippen LogP contribution in [0.4, 0.5) is 16.2 Å². The summed E-state index contributed by atoms with van der Waals surface area (Å²) in [4.78, 5) is 26.9. The number of nitrogens with zero attached hydrogens (tertiary/aromatic N) is 1. The number of amides is 3. The fourth-order valence-electron chi connectivity index (χ4n) is 3.54. The van der Waals surface area contributed by atoms with E-state index in [0.717, 1.165) is 18.5 Å². The first-order valence-corrected chi connectivity index (χ1v) is 10.1. The zero-order valence-corrected chi connectivity index (χ0v) is 17.4. The number of likely N-dealkylation sites (tertiary alicyclic amines) is 1. The Kier molecular flexibility index (Phi) is 6.99. The second-order valence-corrected chi connectivity index (χ2v) is 7.66. The van der Waals surface area contributed by atoms with Crippen LogP contribution in [-0.4, -0.2) is 37.0 Å². The first kappa shape index (κ1) is 21.0. The van der Waals surface area contributed by atoms with E-state index in [9.17, 15) is 9.59 Å². The zero-order valence-electron chi connectivity index (χ0n) is 16.7. The van der Waals surface area contributed by atoms with E-state index in [-0.39, 0.29) is 23.8 Å². The Morgan fingerprint density at radius 2 is 1.76 bits per heavy atom. The summed E-state index contributed by atoms with van der Waals surface area (Å²) < 4.78 is 5.13. The first-order valence-electron chi connectivity index (χ1n) is 9.73. The molecule has 0 radical (unpaired) electrons. The maximum absolute atomic E-state index is 12.7. The molecule has 2 aromatic carbocycles. The summed E-state index contributed by atoms with van der Waals surface area (Å²) in [5.41, 5.74) is 1.43. The van der Waals surface area contributed by atoms with E-state index in [0.29, 0.717) is 29.5 Å². The van der Waals surface area contributed by atoms with Gasteiger partial charge in [0, 0.05) is 30.4 Å². The number of ether oxygens (including phenoxy) is 1. The van der Waals surface area contributed by atoms with Gasteiger partial charge in [-0.15, -0.1) is 0 Å². The van der Waals surface area contributed by atoms with Crippen LogP contribution in [0.25, 0.3) is 0 Å². The molecule has 3 rings (SSSR count). The number of rotatable bonds is 5. The van der Waals surface area contributed by atoms with Crippen molar-refractivity contribution >= 4 is 34.9 Å². The van der Waals surface area contributed by atoms with Crippen molar-refractivity contribution in [1.29, 1.82) is 0 Å². The SMILES string of the molecule is COc1ccc(NC(=O)[C@@H](C)C2CCN(C(=O)Nc3ccccc3)CC2)cc1Cl. The van der Waals surface area contributed by atoms with Crippen molar-refractivity contribution in [3.63, 3.8) is 0 Å². The minimum atomic E-state index is -0.157. The molecular formula is C22H26ClN3O3. The Morgan fingerprint density at radius 1 is 1.07 bits per heavy atom. The molecule has 0 unspecified atom stereocenters. The Balaban J connectivity index is 1.50. The highest BCUT2D eigenvalue weighted by molar-refractivity contribution is 6.32. The monoisotopic (exact) mass is 415 g/mol. The van der Waals surface area contributed by atoms with Crippen LogP contribution < -0.4 is 15.4 Å². The smallest absolute Gasteiger partial charge is 0.321 e. The minimum Gasteiger partial charge on any atom is -0.495 e. The molecule has 1 aliphatic rings. The predicted molar refractivity (Wildman–Crippen MR) is 116 cm³/mol. The van der Waals surface area contributed by atoms with Gasteiger partial charge in [0.15, 0.2) is 0 Å². The first-order chi connectivity index (χ1) is 14.0. The molecule has 1 aliphatic heterocycles. The molecule has 2 N–H and O–H groups in total. The van der Waals surface area contributed by atoms with Gasteiger partial charge in [-0.25, -0.2) is 4.79 Å². The number of nitrogens with one attached hydrogen (secondary N) is 2. The molecule has 29 heavy (non-hydrogen) atoms. The lowest BCUT2D eigenvalue weighted by Crippen LogP contribution is -2.43. The number of carbonyl (C=O) groups excluding carboxylic acids is 2. The van der Waals surface area contributed by atoms with Crippen LogP contribution in [0.2, 0.25) is 5.02 Å². The number of halogens is 1. The fourth-order valence-corrected chi connectivity index (χ4v) is 3.80. The molecule has 0 saturated carbocycles. The molecule has 1 atom stereocenters. The number of hydrogen-bond donors (Lipinski definition) is 2. The molecule has 0 aliphatic carbocycles. The van der Waals surface area contributed by atoms with Gasteiger partial charge in [-0.3, -0.25) is 4.79 Å². The maximum atomic E-state index is 12.7. The van der Waals surface area contributed by atoms with Crippen molar-refractivity contribution in [2.45, 2.75) is 19.8 Å². The molecule has 3 amide bonds. The number of anilines is 2. The lowest BCUT2D eigenvalue weighted by atomic mass is 9.85. The summed E-state index contributed by atoms with van der Waals surface area (Å²) >= 11 is 6.13. The number of piperidine rings is 1. The highest BCUT2D eigenvalue weighted by Crippen LogP contribution is 2.29. The molecule has 1 saturated heterocycles. The van der Waals surface area contributed by atoms with Crippen LogP contribution >= 0.6 is 11.6 Å². The zero-order chi connectivity index (χ0) is 20.8. The van der Waals surface area contributed by atoms with Gasteiger partial charge in [0.25, 0.3) is 0 Å². The lowest BCUT2D eigenvalue weighted by molar-refractivity contribution is -0.121. The van der Waals surface area contributed by atoms with Gasteiger partial charge in [-0.2, -0.15) is 0 Å². The van der Waals surface area contributed by atoms with E-state index in [2.05, 4.69) is 10.6 Å². The highest BCUT2D eigenvalue weighted by atomic mass is 35.5. The number of hydrogen-bond acceptors (Lipinski definition) is 3. The van der Waals surface area contributed by atoms with E-state index in [1.165, 1.54) is 0 Å². The summed E-state index contributed by atoms with van der Waals surface area (Å²) in [6.45, 7) is 3.20. The van der Waals surface area contributed by atoms with Crippen molar-refractivity contribution in [3.8, 4) is 5.75 Å². The average molecular weight is 416 g/mol. The minimum absolute atomic E-state index is 0.0431. The summed E-state index contributed by atoms with van der Waals surface area (Å²) in [5, 5.41) is 6.29. The van der Waals surface area contributed by atoms with Crippen molar-refractivity contribution < 1.29 is 14.3 Å². The van der Waals surface area contributed by atoms with Crippen molar-refractivity contribution in [2.24, 2.45) is 11.8 Å². The summed E-state index contributed by atoms with van der Waals surface area (Å²) in [5.74, 6) is 0.594. The average Bonchev–Trinajstić information content (AvgIpc) is 2.74. The topological polar surface area (TPSA) is 70.7 Å². The van der Waals surface area contributed by atoms with Crippen molar-refractivity contribution in [2.75, 3.05) is 30.8 Å². The van der Waals surface area contributed by atoms with Crippen LogP contribution in [0.5, 0.6) is 5.75 Å². The third-order valence-electron chi connectivity index (χ3n) is 5.39. The van der Waals surface area contributed by atoms with Crippen molar-refractivity contribution in [1.82, 2.24) is 4.90 Å². The second kappa shape index (κ2) is 9.65. The Bertz CT molecular complexity index is 852. The summed E-state index contributed by atoms with van der Waals surface area (Å²) in [6, 6.07) is 14.5. The maximum Gasteiger partial charge on any atom is 0.321 e. The highest BCUT2D eigenvalue weighted by Gasteiger charge is 2.30. The van der Waals surface area contributed by atoms with Gasteiger partial charge in [0.05, 0.1) is 12.1 Å². The second-order valence-electron chi connectivity index (χ2n) is 7.25. The molecule has 0 bridgehead atoms. The van der Waals surface area contributed by atoms with E-state index in [4.69, 9.17) is 16.3 Å². The molecule has 0 aromatic heterocycles. The Morgan fingerprint density at radius 3 is 2.38 bits per heavy atom. The van der Waals surface area contributed by atoms with Crippen LogP contribution in [0.3, 0.4) is 0 Å². The lowest BCUT2D eigenvalue weighted by Gasteiger charge is -2.34. The number of methoxy groups -OCH3 is 1. The predicted octanol–water partition coefficient (Wildman–Crippen LogP) is 4.87. The standard InChI is InChI=1S/C22H26ClN3O3/c1-15(21(27)24-18-8-9-20(29-2)19(23)14-18)16-10-12-26(13-11-16)22(28)25-17-6-4-3-5-7-17/h3-9,14-16H,10-13H2,1-2H3,(H,24,27)(H,25,28)/t15-/m0/s1. The summed E-state index contributed by atoms with van der Waals surface area (Å²) in [7, 11) is 1.55. The molecule has 1 fully saturated rings. The molecule has 1 heterocycles. The van der Waals surface area contributed by atoms with Crippen LogP contribution in [0, 0.1) is 11.8 Å². The van der Waals surface area contributed by atoms with Gasteiger partial charge in [-0.05, 0) is 49.1 Å². The molecule has 7 heteroatoms. The molecule has 0 spiro atoms. The van der Waals surface area contributed by atoms with Crippen LogP contribution in [-0.2, 0) is 4.79 Å². The van der Waals surface area contributed by atoms with E-state index >= 15 is 0 Å². The number of benzene rings is 2. The quantitative estimate of drug-likeness (QED) is 0.732. The van der Waals surface area contributed by atoms with Gasteiger partial charge in [0.1, 0.15) is 5.75 Å². The number of carbonyl (C=O) groups is 2. The Hall–Kier alpha value is -2.73. The third-order valence-corrected chi connectivity index (χ3v) is 5.69. The van der Waals surface area contributed by atoms with E-state index in [1.807, 2.05) is 37.3 Å². The van der Waals surface area contributed by atoms with E-state index < -0.39 is 0 Å². The number of urea groups is 1. The summed E-state index contributed by atoms with van der Waals surface area (Å²) in [6.07, 6.45) is 1.58. The molecule has 2 aromatic rings. The normalized spacial score (nSPS) is 15.5. The fraction of sp³-hybridized carbons (Fsp3) is 0.364. The van der Waals surface area contributed by atoms with Gasteiger partial charge in [0.2, 0.25) is 5.91 Å². The molecule has 154 valence electrons. The van der Waals surface area contributed by atoms with E-state index in [1.54, 1.807) is 30.2 Å². The van der Waals surface area contributed by atoms with Gasteiger partial charge in [-0.1, -0.05) is 36.7 Å².